The molecule has 25 heavy (non-hydrogen) atoms. The third kappa shape index (κ3) is 6.35. The maximum Gasteiger partial charge on any atom is 0.119 e. The second-order valence-electron chi connectivity index (χ2n) is 9.70. The van der Waals surface area contributed by atoms with Gasteiger partial charge < -0.3 is 5.11 Å². The van der Waals surface area contributed by atoms with Gasteiger partial charge in [-0.05, 0) is 52.7 Å². The van der Waals surface area contributed by atoms with Crippen molar-refractivity contribution in [2.24, 2.45) is 11.8 Å². The van der Waals surface area contributed by atoms with Gasteiger partial charge in [-0.2, -0.15) is 0 Å². The molecule has 0 heterocycles. The number of benzene rings is 1. The minimum Gasteiger partial charge on any atom is -0.508 e. The summed E-state index contributed by atoms with van der Waals surface area (Å²) in [7, 11) is 0. The number of aromatic hydroxyl groups is 1. The van der Waals surface area contributed by atoms with Crippen LogP contribution in [0, 0.1) is 11.8 Å². The third-order valence-electron chi connectivity index (χ3n) is 5.79. The highest BCUT2D eigenvalue weighted by Gasteiger charge is 2.29. The Labute approximate surface area is 157 Å². The Morgan fingerprint density at radius 1 is 0.840 bits per heavy atom. The Kier molecular flexibility index (Phi) is 8.03. The fourth-order valence-electron chi connectivity index (χ4n) is 4.66. The van der Waals surface area contributed by atoms with Gasteiger partial charge in [0.25, 0.3) is 0 Å². The number of rotatable bonds is 10. The van der Waals surface area contributed by atoms with Gasteiger partial charge in [0.2, 0.25) is 0 Å². The summed E-state index contributed by atoms with van der Waals surface area (Å²) in [4.78, 5) is 0. The summed E-state index contributed by atoms with van der Waals surface area (Å²) in [6, 6.07) is 6.33. The van der Waals surface area contributed by atoms with Crippen LogP contribution in [0.3, 0.4) is 0 Å². The largest absolute Gasteiger partial charge is 0.508 e. The van der Waals surface area contributed by atoms with E-state index in [0.717, 1.165) is 17.9 Å². The van der Waals surface area contributed by atoms with Gasteiger partial charge in [-0.15, -0.1) is 0 Å². The summed E-state index contributed by atoms with van der Waals surface area (Å²) in [6.07, 6.45) is 7.33. The van der Waals surface area contributed by atoms with E-state index in [2.05, 4.69) is 67.5 Å². The minimum atomic E-state index is -0.000204. The zero-order valence-corrected chi connectivity index (χ0v) is 18.1. The van der Waals surface area contributed by atoms with Crippen molar-refractivity contribution in [3.8, 4) is 5.75 Å². The van der Waals surface area contributed by atoms with Crippen LogP contribution in [0.4, 0.5) is 0 Å². The molecule has 1 nitrogen and oxygen atoms in total. The predicted octanol–water partition coefficient (Wildman–Crippen LogP) is 7.60. The molecule has 0 aliphatic heterocycles. The molecule has 0 aliphatic rings. The quantitative estimate of drug-likeness (QED) is 0.462. The highest BCUT2D eigenvalue weighted by molar-refractivity contribution is 5.43. The van der Waals surface area contributed by atoms with E-state index >= 15 is 0 Å². The molecule has 2 atom stereocenters. The van der Waals surface area contributed by atoms with Crippen LogP contribution in [0.1, 0.15) is 105 Å². The fraction of sp³-hybridized carbons (Fsp3) is 0.750. The van der Waals surface area contributed by atoms with E-state index in [1.807, 2.05) is 6.07 Å². The molecule has 1 N–H and O–H groups in total. The van der Waals surface area contributed by atoms with Gasteiger partial charge in [-0.3, -0.25) is 0 Å². The van der Waals surface area contributed by atoms with E-state index in [-0.39, 0.29) is 10.8 Å². The van der Waals surface area contributed by atoms with Crippen molar-refractivity contribution in [1.29, 1.82) is 0 Å². The molecule has 1 aromatic rings. The van der Waals surface area contributed by atoms with Crippen LogP contribution >= 0.6 is 0 Å². The smallest absolute Gasteiger partial charge is 0.119 e. The predicted molar refractivity (Wildman–Crippen MR) is 112 cm³/mol. The lowest BCUT2D eigenvalue weighted by atomic mass is 9.72. The van der Waals surface area contributed by atoms with E-state index in [4.69, 9.17) is 0 Å². The number of hydrogen-bond acceptors (Lipinski definition) is 1. The summed E-state index contributed by atoms with van der Waals surface area (Å²) in [6.45, 7) is 18.5. The average molecular weight is 347 g/mol. The Hall–Kier alpha value is -0.980. The van der Waals surface area contributed by atoms with Gasteiger partial charge >= 0.3 is 0 Å². The fourth-order valence-corrected chi connectivity index (χ4v) is 4.66. The summed E-state index contributed by atoms with van der Waals surface area (Å²) >= 11 is 0. The van der Waals surface area contributed by atoms with Gasteiger partial charge in [-0.25, -0.2) is 0 Å². The van der Waals surface area contributed by atoms with Crippen molar-refractivity contribution in [2.45, 2.75) is 105 Å². The molecule has 1 rings (SSSR count). The third-order valence-corrected chi connectivity index (χ3v) is 5.79. The van der Waals surface area contributed by atoms with Crippen LogP contribution in [-0.2, 0) is 10.8 Å². The molecule has 0 radical (unpaired) electrons. The summed E-state index contributed by atoms with van der Waals surface area (Å²) < 4.78 is 0. The second kappa shape index (κ2) is 9.10. The number of phenols is 1. The van der Waals surface area contributed by atoms with Gasteiger partial charge in [0.15, 0.2) is 0 Å². The second-order valence-corrected chi connectivity index (χ2v) is 9.70. The SMILES string of the molecule is CCCC(C)CC(C)(C)c1ccc(O)c(C(C)(C)CC(C)CCC)c1. The molecule has 0 fully saturated rings. The molecule has 0 spiro atoms. The summed E-state index contributed by atoms with van der Waals surface area (Å²) in [5.74, 6) is 1.87. The lowest BCUT2D eigenvalue weighted by Crippen LogP contribution is -2.24. The molecule has 0 aliphatic carbocycles. The van der Waals surface area contributed by atoms with Crippen LogP contribution in [0.5, 0.6) is 5.75 Å². The highest BCUT2D eigenvalue weighted by atomic mass is 16.3. The van der Waals surface area contributed by atoms with Crippen LogP contribution in [0.2, 0.25) is 0 Å². The lowest BCUT2D eigenvalue weighted by Gasteiger charge is -2.33. The molecule has 0 saturated heterocycles. The maximum absolute atomic E-state index is 10.5. The first-order valence-electron chi connectivity index (χ1n) is 10.4. The number of phenolic OH excluding ortho intramolecular Hbond substituents is 1. The van der Waals surface area contributed by atoms with Crippen molar-refractivity contribution >= 4 is 0 Å². The molecule has 0 bridgehead atoms. The first-order valence-corrected chi connectivity index (χ1v) is 10.4. The van der Waals surface area contributed by atoms with Gasteiger partial charge in [-0.1, -0.05) is 93.2 Å². The first-order chi connectivity index (χ1) is 11.5. The van der Waals surface area contributed by atoms with Crippen molar-refractivity contribution in [3.63, 3.8) is 0 Å². The standard InChI is InChI=1S/C24H42O/c1-9-11-18(3)16-23(5,6)20-13-14-22(25)21(15-20)24(7,8)17-19(4)12-10-2/h13-15,18-19,25H,9-12,16-17H2,1-8H3. The molecule has 1 aromatic carbocycles. The molecule has 2 unspecified atom stereocenters. The highest BCUT2D eigenvalue weighted by Crippen LogP contribution is 2.41. The topological polar surface area (TPSA) is 20.2 Å². The maximum atomic E-state index is 10.5. The Balaban J connectivity index is 3.09. The van der Waals surface area contributed by atoms with Crippen LogP contribution in [0.25, 0.3) is 0 Å². The average Bonchev–Trinajstić information content (AvgIpc) is 2.46. The molecule has 0 aromatic heterocycles. The Bertz CT molecular complexity index is 527. The molecule has 1 heteroatoms. The first kappa shape index (κ1) is 22.1. The zero-order valence-electron chi connectivity index (χ0n) is 18.1. The molecule has 0 saturated carbocycles. The van der Waals surface area contributed by atoms with Crippen LogP contribution < -0.4 is 0 Å². The van der Waals surface area contributed by atoms with Crippen LogP contribution in [0.15, 0.2) is 18.2 Å². The number of hydrogen-bond donors (Lipinski definition) is 1. The van der Waals surface area contributed by atoms with E-state index in [9.17, 15) is 5.11 Å². The normalized spacial score (nSPS) is 15.2. The van der Waals surface area contributed by atoms with Crippen LogP contribution in [-0.4, -0.2) is 5.11 Å². The van der Waals surface area contributed by atoms with E-state index in [0.29, 0.717) is 11.7 Å². The van der Waals surface area contributed by atoms with E-state index in [1.165, 1.54) is 37.7 Å². The van der Waals surface area contributed by atoms with Crippen molar-refractivity contribution in [1.82, 2.24) is 0 Å². The Morgan fingerprint density at radius 2 is 1.32 bits per heavy atom. The monoisotopic (exact) mass is 346 g/mol. The van der Waals surface area contributed by atoms with E-state index < -0.39 is 0 Å². The van der Waals surface area contributed by atoms with Gasteiger partial charge in [0.1, 0.15) is 5.75 Å². The Morgan fingerprint density at radius 3 is 1.80 bits per heavy atom. The lowest BCUT2D eigenvalue weighted by molar-refractivity contribution is 0.342. The van der Waals surface area contributed by atoms with Crippen molar-refractivity contribution < 1.29 is 5.11 Å². The van der Waals surface area contributed by atoms with Gasteiger partial charge in [0, 0.05) is 0 Å². The van der Waals surface area contributed by atoms with Gasteiger partial charge in [0.05, 0.1) is 0 Å². The molecular formula is C24H42O. The molecule has 144 valence electrons. The summed E-state index contributed by atoms with van der Waals surface area (Å²) in [5, 5.41) is 10.5. The van der Waals surface area contributed by atoms with E-state index in [1.54, 1.807) is 0 Å². The zero-order chi connectivity index (χ0) is 19.3. The summed E-state index contributed by atoms with van der Waals surface area (Å²) in [5.41, 5.74) is 2.62. The molecule has 0 amide bonds. The van der Waals surface area contributed by atoms with Crippen molar-refractivity contribution in [3.05, 3.63) is 29.3 Å². The minimum absolute atomic E-state index is 0.000204. The molecular weight excluding hydrogens is 304 g/mol. The van der Waals surface area contributed by atoms with Crippen molar-refractivity contribution in [2.75, 3.05) is 0 Å².